The Kier molecular flexibility index (Phi) is 5.77. The van der Waals surface area contributed by atoms with Crippen LogP contribution in [0.5, 0.6) is 0 Å². The van der Waals surface area contributed by atoms with Crippen molar-refractivity contribution in [1.29, 1.82) is 0 Å². The van der Waals surface area contributed by atoms with Crippen molar-refractivity contribution in [3.05, 3.63) is 30.3 Å². The van der Waals surface area contributed by atoms with Gasteiger partial charge in [0.2, 0.25) is 0 Å². The molecular formula is C17H27NS. The number of rotatable bonds is 6. The minimum Gasteiger partial charge on any atom is -0.330 e. The average Bonchev–Trinajstić information content (AvgIpc) is 2.48. The summed E-state index contributed by atoms with van der Waals surface area (Å²) in [6.45, 7) is 3.20. The summed E-state index contributed by atoms with van der Waals surface area (Å²) >= 11 is 1.98. The van der Waals surface area contributed by atoms with Gasteiger partial charge >= 0.3 is 0 Å². The highest BCUT2D eigenvalue weighted by Gasteiger charge is 2.34. The third-order valence-corrected chi connectivity index (χ3v) is 5.71. The quantitative estimate of drug-likeness (QED) is 0.762. The van der Waals surface area contributed by atoms with E-state index in [0.29, 0.717) is 5.41 Å². The van der Waals surface area contributed by atoms with Crippen molar-refractivity contribution in [3.63, 3.8) is 0 Å². The van der Waals surface area contributed by atoms with Gasteiger partial charge in [-0.2, -0.15) is 0 Å². The van der Waals surface area contributed by atoms with Crippen LogP contribution in [0.1, 0.15) is 45.4 Å². The van der Waals surface area contributed by atoms with Crippen molar-refractivity contribution in [2.24, 2.45) is 17.1 Å². The van der Waals surface area contributed by atoms with Crippen LogP contribution in [0.4, 0.5) is 0 Å². The number of nitrogens with two attached hydrogens (primary N) is 1. The molecule has 1 aliphatic carbocycles. The molecule has 1 aliphatic rings. The zero-order valence-corrected chi connectivity index (χ0v) is 12.9. The third-order valence-electron chi connectivity index (χ3n) is 4.70. The monoisotopic (exact) mass is 277 g/mol. The first-order valence-corrected chi connectivity index (χ1v) is 8.64. The van der Waals surface area contributed by atoms with Crippen LogP contribution in [0.25, 0.3) is 0 Å². The molecule has 0 aliphatic heterocycles. The topological polar surface area (TPSA) is 26.0 Å². The summed E-state index contributed by atoms with van der Waals surface area (Å²) in [5.41, 5.74) is 6.56. The van der Waals surface area contributed by atoms with E-state index >= 15 is 0 Å². The third kappa shape index (κ3) is 4.25. The summed E-state index contributed by atoms with van der Waals surface area (Å²) in [5.74, 6) is 2.12. The predicted molar refractivity (Wildman–Crippen MR) is 85.5 cm³/mol. The Morgan fingerprint density at radius 3 is 2.79 bits per heavy atom. The first kappa shape index (κ1) is 14.9. The van der Waals surface area contributed by atoms with Crippen LogP contribution >= 0.6 is 11.8 Å². The first-order chi connectivity index (χ1) is 9.28. The zero-order valence-electron chi connectivity index (χ0n) is 12.1. The SMILES string of the molecule is CCC1CCCC(CN)(CCSc2ccccc2)C1. The molecule has 0 bridgehead atoms. The van der Waals surface area contributed by atoms with Gasteiger partial charge in [0.1, 0.15) is 0 Å². The van der Waals surface area contributed by atoms with Gasteiger partial charge in [-0.25, -0.2) is 0 Å². The summed E-state index contributed by atoms with van der Waals surface area (Å²) in [7, 11) is 0. The molecule has 2 unspecified atom stereocenters. The van der Waals surface area contributed by atoms with E-state index in [9.17, 15) is 0 Å². The van der Waals surface area contributed by atoms with Gasteiger partial charge in [0.25, 0.3) is 0 Å². The fourth-order valence-electron chi connectivity index (χ4n) is 3.35. The highest BCUT2D eigenvalue weighted by Crippen LogP contribution is 2.43. The number of hydrogen-bond acceptors (Lipinski definition) is 2. The molecule has 2 N–H and O–H groups in total. The highest BCUT2D eigenvalue weighted by molar-refractivity contribution is 7.99. The zero-order chi connectivity index (χ0) is 13.6. The van der Waals surface area contributed by atoms with Gasteiger partial charge in [0.15, 0.2) is 0 Å². The maximum atomic E-state index is 6.13. The van der Waals surface area contributed by atoms with Crippen LogP contribution in [0.15, 0.2) is 35.2 Å². The average molecular weight is 277 g/mol. The van der Waals surface area contributed by atoms with Crippen LogP contribution in [0.3, 0.4) is 0 Å². The Hall–Kier alpha value is -0.470. The second-order valence-electron chi connectivity index (χ2n) is 5.99. The lowest BCUT2D eigenvalue weighted by Crippen LogP contribution is -2.36. The molecule has 1 saturated carbocycles. The molecule has 106 valence electrons. The van der Waals surface area contributed by atoms with Crippen molar-refractivity contribution in [2.45, 2.75) is 50.3 Å². The van der Waals surface area contributed by atoms with Gasteiger partial charge < -0.3 is 5.73 Å². The maximum absolute atomic E-state index is 6.13. The van der Waals surface area contributed by atoms with Gasteiger partial charge in [-0.15, -0.1) is 11.8 Å². The van der Waals surface area contributed by atoms with Crippen LogP contribution in [0.2, 0.25) is 0 Å². The summed E-state index contributed by atoms with van der Waals surface area (Å²) in [5, 5.41) is 0. The van der Waals surface area contributed by atoms with Gasteiger partial charge in [-0.05, 0) is 55.0 Å². The number of hydrogen-bond donors (Lipinski definition) is 1. The summed E-state index contributed by atoms with van der Waals surface area (Å²) in [4.78, 5) is 1.39. The fourth-order valence-corrected chi connectivity index (χ4v) is 4.47. The van der Waals surface area contributed by atoms with Gasteiger partial charge in [0, 0.05) is 4.90 Å². The van der Waals surface area contributed by atoms with Crippen molar-refractivity contribution in [3.8, 4) is 0 Å². The lowest BCUT2D eigenvalue weighted by atomic mass is 9.67. The lowest BCUT2D eigenvalue weighted by Gasteiger charge is -2.40. The molecule has 2 atom stereocenters. The molecule has 0 radical (unpaired) electrons. The summed E-state index contributed by atoms with van der Waals surface area (Å²) in [6, 6.07) is 10.7. The fraction of sp³-hybridized carbons (Fsp3) is 0.647. The van der Waals surface area contributed by atoms with E-state index in [2.05, 4.69) is 37.3 Å². The van der Waals surface area contributed by atoms with Crippen LogP contribution < -0.4 is 5.73 Å². The summed E-state index contributed by atoms with van der Waals surface area (Å²) in [6.07, 6.45) is 8.10. The van der Waals surface area contributed by atoms with E-state index in [1.54, 1.807) is 0 Å². The Morgan fingerprint density at radius 2 is 2.11 bits per heavy atom. The largest absolute Gasteiger partial charge is 0.330 e. The van der Waals surface area contributed by atoms with E-state index < -0.39 is 0 Å². The Bertz CT molecular complexity index is 365. The number of thioether (sulfide) groups is 1. The van der Waals surface area contributed by atoms with E-state index in [1.807, 2.05) is 11.8 Å². The molecule has 1 nitrogen and oxygen atoms in total. The molecule has 0 heterocycles. The van der Waals surface area contributed by atoms with Crippen molar-refractivity contribution >= 4 is 11.8 Å². The minimum atomic E-state index is 0.431. The van der Waals surface area contributed by atoms with E-state index in [0.717, 1.165) is 12.5 Å². The molecule has 0 aromatic heterocycles. The van der Waals surface area contributed by atoms with E-state index in [-0.39, 0.29) is 0 Å². The van der Waals surface area contributed by atoms with Crippen molar-refractivity contribution < 1.29 is 0 Å². The Morgan fingerprint density at radius 1 is 1.32 bits per heavy atom. The van der Waals surface area contributed by atoms with Crippen LogP contribution in [-0.4, -0.2) is 12.3 Å². The standard InChI is InChI=1S/C17H27NS/c1-2-15-7-6-10-17(13-15,14-18)11-12-19-16-8-4-3-5-9-16/h3-5,8-9,15H,2,6-7,10-14,18H2,1H3. The summed E-state index contributed by atoms with van der Waals surface area (Å²) < 4.78 is 0. The number of benzene rings is 1. The van der Waals surface area contributed by atoms with E-state index in [1.165, 1.54) is 49.2 Å². The van der Waals surface area contributed by atoms with Crippen molar-refractivity contribution in [2.75, 3.05) is 12.3 Å². The predicted octanol–water partition coefficient (Wildman–Crippen LogP) is 4.71. The molecule has 0 saturated heterocycles. The van der Waals surface area contributed by atoms with Crippen LogP contribution in [0, 0.1) is 11.3 Å². The van der Waals surface area contributed by atoms with Crippen LogP contribution in [-0.2, 0) is 0 Å². The molecule has 1 aromatic carbocycles. The molecule has 1 fully saturated rings. The molecule has 2 heteroatoms. The maximum Gasteiger partial charge on any atom is 0.00719 e. The highest BCUT2D eigenvalue weighted by atomic mass is 32.2. The van der Waals surface area contributed by atoms with Crippen molar-refractivity contribution in [1.82, 2.24) is 0 Å². The molecule has 2 rings (SSSR count). The molecule has 19 heavy (non-hydrogen) atoms. The lowest BCUT2D eigenvalue weighted by molar-refractivity contribution is 0.139. The second kappa shape index (κ2) is 7.35. The second-order valence-corrected chi connectivity index (χ2v) is 7.15. The minimum absolute atomic E-state index is 0.431. The van der Waals surface area contributed by atoms with Gasteiger partial charge in [0.05, 0.1) is 0 Å². The smallest absolute Gasteiger partial charge is 0.00719 e. The molecule has 1 aromatic rings. The normalized spacial score (nSPS) is 27.4. The molecular weight excluding hydrogens is 250 g/mol. The molecule has 0 spiro atoms. The first-order valence-electron chi connectivity index (χ1n) is 7.66. The Labute approximate surface area is 122 Å². The Balaban J connectivity index is 1.85. The molecule has 0 amide bonds. The van der Waals surface area contributed by atoms with Gasteiger partial charge in [-0.3, -0.25) is 0 Å². The van der Waals surface area contributed by atoms with Gasteiger partial charge in [-0.1, -0.05) is 44.4 Å². The van der Waals surface area contributed by atoms with E-state index in [4.69, 9.17) is 5.73 Å².